The largest absolute Gasteiger partial charge is 0.493 e. The van der Waals surface area contributed by atoms with E-state index in [0.717, 1.165) is 4.80 Å². The smallest absolute Gasteiger partial charge is 0.251 e. The number of anilines is 1. The number of ether oxygens (including phenoxy) is 4. The van der Waals surface area contributed by atoms with Crippen molar-refractivity contribution in [3.63, 3.8) is 0 Å². The molecule has 1 aliphatic heterocycles. The van der Waals surface area contributed by atoms with Crippen LogP contribution in [0.3, 0.4) is 0 Å². The van der Waals surface area contributed by atoms with Crippen molar-refractivity contribution < 1.29 is 32.9 Å². The third kappa shape index (κ3) is 6.72. The van der Waals surface area contributed by atoms with Crippen LogP contribution in [0.1, 0.15) is 32.4 Å². The fraction of sp³-hybridized carbons (Fsp3) is 0.323. The van der Waals surface area contributed by atoms with Gasteiger partial charge in [0.2, 0.25) is 11.7 Å². The first-order valence-electron chi connectivity index (χ1n) is 13.9. The number of carbonyl (C=O) groups is 2. The van der Waals surface area contributed by atoms with E-state index in [-0.39, 0.29) is 12.4 Å². The zero-order chi connectivity index (χ0) is 31.4. The predicted molar refractivity (Wildman–Crippen MR) is 158 cm³/mol. The van der Waals surface area contributed by atoms with Crippen LogP contribution in [-0.2, 0) is 16.1 Å². The van der Waals surface area contributed by atoms with Crippen molar-refractivity contribution in [3.8, 4) is 34.4 Å². The van der Waals surface area contributed by atoms with Gasteiger partial charge in [0, 0.05) is 22.9 Å². The molecule has 1 atom stereocenters. The maximum atomic E-state index is 14.2. The third-order valence-electron chi connectivity index (χ3n) is 6.63. The Balaban J connectivity index is 1.54. The van der Waals surface area contributed by atoms with Crippen molar-refractivity contribution in [2.75, 3.05) is 32.3 Å². The quantitative estimate of drug-likeness (QED) is 0.302. The number of fused-ring (bicyclic) bond motifs is 1. The Bertz CT molecular complexity index is 1650. The molecule has 230 valence electrons. The van der Waals surface area contributed by atoms with Crippen molar-refractivity contribution in [1.29, 1.82) is 0 Å². The molecule has 1 N–H and O–H groups in total. The van der Waals surface area contributed by atoms with Gasteiger partial charge in [0.05, 0.1) is 14.2 Å². The number of halogens is 1. The van der Waals surface area contributed by atoms with Crippen molar-refractivity contribution in [1.82, 2.24) is 25.5 Å². The van der Waals surface area contributed by atoms with E-state index in [1.165, 1.54) is 43.4 Å². The number of carbonyl (C=O) groups excluding carboxylic acids is 2. The van der Waals surface area contributed by atoms with Crippen LogP contribution in [0.2, 0.25) is 0 Å². The van der Waals surface area contributed by atoms with E-state index in [1.54, 1.807) is 36.4 Å². The van der Waals surface area contributed by atoms with Gasteiger partial charge in [-0.25, -0.2) is 4.39 Å². The van der Waals surface area contributed by atoms with E-state index in [4.69, 9.17) is 18.9 Å². The van der Waals surface area contributed by atoms with Crippen LogP contribution in [0.25, 0.3) is 11.4 Å². The summed E-state index contributed by atoms with van der Waals surface area (Å²) in [4.78, 5) is 30.5. The Morgan fingerprint density at radius 1 is 0.977 bits per heavy atom. The summed E-state index contributed by atoms with van der Waals surface area (Å²) in [7, 11) is 3.05. The van der Waals surface area contributed by atoms with E-state index in [1.807, 2.05) is 20.8 Å². The topological polar surface area (TPSA) is 130 Å². The van der Waals surface area contributed by atoms with Gasteiger partial charge in [0.15, 0.2) is 23.0 Å². The molecule has 4 aromatic rings. The number of aromatic nitrogens is 4. The van der Waals surface area contributed by atoms with Crippen LogP contribution in [0.5, 0.6) is 23.0 Å². The Kier molecular flexibility index (Phi) is 8.65. The molecule has 0 saturated heterocycles. The minimum absolute atomic E-state index is 0.255. The Morgan fingerprint density at radius 3 is 2.36 bits per heavy atom. The van der Waals surface area contributed by atoms with Crippen molar-refractivity contribution in [2.45, 2.75) is 38.9 Å². The number of methoxy groups -OCH3 is 2. The standard InChI is InChI=1S/C31H33FN6O6/c1-31(2,3)33-30(40)28(19-6-9-21(32)10-7-19)38(22-11-13-24-26(17-22)44-15-14-43-24)27(39)18-37-35-29(34-36-37)20-8-12-23(41-4)25(16-20)42-5/h6-13,16-17,28H,14-15,18H2,1-5H3,(H,33,40)/t28-/m0/s1. The van der Waals surface area contributed by atoms with E-state index in [2.05, 4.69) is 20.7 Å². The molecule has 0 aliphatic carbocycles. The van der Waals surface area contributed by atoms with Gasteiger partial charge in [-0.15, -0.1) is 10.2 Å². The number of amides is 2. The maximum absolute atomic E-state index is 14.2. The number of tetrazole rings is 1. The summed E-state index contributed by atoms with van der Waals surface area (Å²) in [5.41, 5.74) is 0.726. The molecule has 0 saturated carbocycles. The summed E-state index contributed by atoms with van der Waals surface area (Å²) in [5.74, 6) is 0.739. The summed E-state index contributed by atoms with van der Waals surface area (Å²) >= 11 is 0. The Labute approximate surface area is 253 Å². The van der Waals surface area contributed by atoms with E-state index in [0.29, 0.717) is 53.0 Å². The van der Waals surface area contributed by atoms with Crippen molar-refractivity contribution >= 4 is 17.5 Å². The lowest BCUT2D eigenvalue weighted by Gasteiger charge is -2.34. The highest BCUT2D eigenvalue weighted by molar-refractivity contribution is 6.01. The summed E-state index contributed by atoms with van der Waals surface area (Å²) in [6.07, 6.45) is 0. The van der Waals surface area contributed by atoms with Crippen LogP contribution in [-0.4, -0.2) is 65.0 Å². The summed E-state index contributed by atoms with van der Waals surface area (Å²) in [6, 6.07) is 14.4. The normalized spacial score (nSPS) is 13.1. The van der Waals surface area contributed by atoms with Gasteiger partial charge in [-0.05, 0) is 74.0 Å². The molecule has 1 aromatic heterocycles. The lowest BCUT2D eigenvalue weighted by molar-refractivity contribution is -0.128. The summed E-state index contributed by atoms with van der Waals surface area (Å²) < 4.78 is 36.1. The number of hydrogen-bond acceptors (Lipinski definition) is 9. The monoisotopic (exact) mass is 604 g/mol. The number of hydrogen-bond donors (Lipinski definition) is 1. The van der Waals surface area contributed by atoms with Gasteiger partial charge in [0.25, 0.3) is 5.91 Å². The van der Waals surface area contributed by atoms with E-state index >= 15 is 0 Å². The number of rotatable bonds is 9. The molecule has 0 fully saturated rings. The minimum Gasteiger partial charge on any atom is -0.493 e. The molecule has 3 aromatic carbocycles. The van der Waals surface area contributed by atoms with Gasteiger partial charge >= 0.3 is 0 Å². The average molecular weight is 605 g/mol. The second kappa shape index (κ2) is 12.6. The van der Waals surface area contributed by atoms with Gasteiger partial charge in [-0.1, -0.05) is 12.1 Å². The molecule has 1 aliphatic rings. The highest BCUT2D eigenvalue weighted by atomic mass is 19.1. The van der Waals surface area contributed by atoms with Crippen molar-refractivity contribution in [3.05, 3.63) is 72.0 Å². The molecule has 0 radical (unpaired) electrons. The highest BCUT2D eigenvalue weighted by Gasteiger charge is 2.35. The molecule has 13 heteroatoms. The molecule has 44 heavy (non-hydrogen) atoms. The van der Waals surface area contributed by atoms with E-state index < -0.39 is 29.2 Å². The molecule has 0 bridgehead atoms. The van der Waals surface area contributed by atoms with Crippen molar-refractivity contribution in [2.24, 2.45) is 0 Å². The molecular weight excluding hydrogens is 571 g/mol. The van der Waals surface area contributed by atoms with Gasteiger partial charge in [-0.3, -0.25) is 14.5 Å². The molecular formula is C31H33FN6O6. The molecule has 5 rings (SSSR count). The van der Waals surface area contributed by atoms with E-state index in [9.17, 15) is 14.0 Å². The third-order valence-corrected chi connectivity index (χ3v) is 6.63. The second-order valence-corrected chi connectivity index (χ2v) is 11.0. The lowest BCUT2D eigenvalue weighted by Crippen LogP contribution is -2.50. The highest BCUT2D eigenvalue weighted by Crippen LogP contribution is 2.37. The fourth-order valence-electron chi connectivity index (χ4n) is 4.72. The molecule has 0 spiro atoms. The fourth-order valence-corrected chi connectivity index (χ4v) is 4.72. The molecule has 0 unspecified atom stereocenters. The van der Waals surface area contributed by atoms with Gasteiger partial charge < -0.3 is 24.3 Å². The molecule has 2 heterocycles. The summed E-state index contributed by atoms with van der Waals surface area (Å²) in [6.45, 7) is 5.85. The first kappa shape index (κ1) is 30.3. The van der Waals surface area contributed by atoms with Crippen LogP contribution in [0.15, 0.2) is 60.7 Å². The number of nitrogens with one attached hydrogen (secondary N) is 1. The van der Waals surface area contributed by atoms with Crippen LogP contribution >= 0.6 is 0 Å². The van der Waals surface area contributed by atoms with Crippen LogP contribution in [0.4, 0.5) is 10.1 Å². The van der Waals surface area contributed by atoms with Crippen LogP contribution < -0.4 is 29.2 Å². The van der Waals surface area contributed by atoms with Gasteiger partial charge in [-0.2, -0.15) is 4.80 Å². The minimum atomic E-state index is -1.18. The first-order valence-corrected chi connectivity index (χ1v) is 13.9. The SMILES string of the molecule is COc1ccc(-c2nnn(CC(=O)N(c3ccc4c(c3)OCCO4)[C@H](C(=O)NC(C)(C)C)c3ccc(F)cc3)n2)cc1OC. The maximum Gasteiger partial charge on any atom is 0.251 e. The number of benzene rings is 3. The van der Waals surface area contributed by atoms with Gasteiger partial charge in [0.1, 0.15) is 31.6 Å². The average Bonchev–Trinajstić information content (AvgIpc) is 3.47. The molecule has 2 amide bonds. The Morgan fingerprint density at radius 2 is 1.68 bits per heavy atom. The molecule has 12 nitrogen and oxygen atoms in total. The second-order valence-electron chi connectivity index (χ2n) is 11.0. The zero-order valence-corrected chi connectivity index (χ0v) is 25.0. The zero-order valence-electron chi connectivity index (χ0n) is 25.0. The number of nitrogens with zero attached hydrogens (tertiary/aromatic N) is 5. The lowest BCUT2D eigenvalue weighted by atomic mass is 10.0. The van der Waals surface area contributed by atoms with Crippen LogP contribution in [0, 0.1) is 5.82 Å². The predicted octanol–water partition coefficient (Wildman–Crippen LogP) is 3.96. The summed E-state index contributed by atoms with van der Waals surface area (Å²) in [5, 5.41) is 15.6. The first-order chi connectivity index (χ1) is 21.1. The Hall–Kier alpha value is -5.20.